The maximum absolute atomic E-state index is 10.8. The summed E-state index contributed by atoms with van der Waals surface area (Å²) in [4.78, 5) is 0. The van der Waals surface area contributed by atoms with Gasteiger partial charge in [0.05, 0.1) is 12.2 Å². The van der Waals surface area contributed by atoms with Gasteiger partial charge >= 0.3 is 0 Å². The predicted octanol–water partition coefficient (Wildman–Crippen LogP) is 3.18. The highest BCUT2D eigenvalue weighted by molar-refractivity contribution is 5.38. The van der Waals surface area contributed by atoms with E-state index in [2.05, 4.69) is 32.0 Å². The first-order valence-electron chi connectivity index (χ1n) is 8.46. The summed E-state index contributed by atoms with van der Waals surface area (Å²) in [5.41, 5.74) is 4.08. The molecule has 0 bridgehead atoms. The van der Waals surface area contributed by atoms with Crippen LogP contribution in [0, 0.1) is 24.2 Å². The highest BCUT2D eigenvalue weighted by atomic mass is 16.3. The number of hydrogen-bond acceptors (Lipinski definition) is 2. The van der Waals surface area contributed by atoms with E-state index in [4.69, 9.17) is 0 Å². The standard InChI is InChI=1S/C19H26O2/c1-11-3-5-13-12(9-11)4-6-14-15-7-8-17(21)19(15,2)10-16(20)18(13)14/h3,5,9,14-18,20-21H,4,6-8,10H2,1-2H3/t14?,15?,16-,17?,18?,19+/m1/s1. The van der Waals surface area contributed by atoms with E-state index in [0.29, 0.717) is 11.8 Å². The number of aryl methyl sites for hydroxylation is 2. The van der Waals surface area contributed by atoms with Gasteiger partial charge in [-0.2, -0.15) is 0 Å². The van der Waals surface area contributed by atoms with E-state index >= 15 is 0 Å². The molecule has 3 aliphatic carbocycles. The van der Waals surface area contributed by atoms with Crippen LogP contribution in [-0.2, 0) is 6.42 Å². The fourth-order valence-corrected chi connectivity index (χ4v) is 5.76. The van der Waals surface area contributed by atoms with E-state index in [1.807, 2.05) is 0 Å². The Morgan fingerprint density at radius 2 is 1.95 bits per heavy atom. The van der Waals surface area contributed by atoms with Gasteiger partial charge in [0, 0.05) is 5.92 Å². The Kier molecular flexibility index (Phi) is 3.00. The SMILES string of the molecule is Cc1ccc2c(c1)CCC1C2[C@H](O)C[C@]2(C)C(O)CCC12. The number of hydrogen-bond donors (Lipinski definition) is 2. The zero-order valence-electron chi connectivity index (χ0n) is 13.0. The molecule has 6 atom stereocenters. The van der Waals surface area contributed by atoms with E-state index in [9.17, 15) is 10.2 Å². The number of benzene rings is 1. The molecule has 3 aliphatic rings. The van der Waals surface area contributed by atoms with Gasteiger partial charge in [0.2, 0.25) is 0 Å². The first kappa shape index (κ1) is 13.8. The Balaban J connectivity index is 1.76. The molecule has 0 aromatic heterocycles. The van der Waals surface area contributed by atoms with E-state index in [1.165, 1.54) is 23.1 Å². The maximum atomic E-state index is 10.8. The lowest BCUT2D eigenvalue weighted by Crippen LogP contribution is -2.50. The van der Waals surface area contributed by atoms with Crippen LogP contribution in [0.5, 0.6) is 0 Å². The Bertz CT molecular complexity index is 567. The molecule has 0 radical (unpaired) electrons. The van der Waals surface area contributed by atoms with E-state index in [-0.39, 0.29) is 23.5 Å². The number of rotatable bonds is 0. The van der Waals surface area contributed by atoms with Crippen LogP contribution in [-0.4, -0.2) is 22.4 Å². The summed E-state index contributed by atoms with van der Waals surface area (Å²) in [5, 5.41) is 21.3. The lowest BCUT2D eigenvalue weighted by molar-refractivity contribution is -0.0798. The molecule has 4 rings (SSSR count). The summed E-state index contributed by atoms with van der Waals surface area (Å²) in [7, 11) is 0. The van der Waals surface area contributed by atoms with Gasteiger partial charge in [0.25, 0.3) is 0 Å². The summed E-state index contributed by atoms with van der Waals surface area (Å²) >= 11 is 0. The first-order chi connectivity index (χ1) is 10.0. The molecule has 1 aromatic carbocycles. The van der Waals surface area contributed by atoms with Crippen molar-refractivity contribution < 1.29 is 10.2 Å². The second kappa shape index (κ2) is 4.57. The van der Waals surface area contributed by atoms with Crippen molar-refractivity contribution in [3.8, 4) is 0 Å². The topological polar surface area (TPSA) is 40.5 Å². The van der Waals surface area contributed by atoms with Gasteiger partial charge in [-0.25, -0.2) is 0 Å². The molecule has 2 heteroatoms. The molecule has 2 N–H and O–H groups in total. The molecule has 114 valence electrons. The smallest absolute Gasteiger partial charge is 0.0617 e. The van der Waals surface area contributed by atoms with Gasteiger partial charge in [-0.15, -0.1) is 0 Å². The molecule has 0 spiro atoms. The van der Waals surface area contributed by atoms with E-state index in [1.54, 1.807) is 0 Å². The van der Waals surface area contributed by atoms with Crippen molar-refractivity contribution >= 4 is 0 Å². The molecule has 1 aromatic rings. The van der Waals surface area contributed by atoms with Crippen LogP contribution < -0.4 is 0 Å². The molecule has 0 saturated heterocycles. The average Bonchev–Trinajstić information content (AvgIpc) is 2.74. The van der Waals surface area contributed by atoms with Crippen molar-refractivity contribution in [3.63, 3.8) is 0 Å². The van der Waals surface area contributed by atoms with Crippen LogP contribution in [0.25, 0.3) is 0 Å². The third-order valence-corrected chi connectivity index (χ3v) is 6.81. The third kappa shape index (κ3) is 1.85. The minimum atomic E-state index is -0.300. The van der Waals surface area contributed by atoms with Gasteiger partial charge in [-0.3, -0.25) is 0 Å². The minimum Gasteiger partial charge on any atom is -0.393 e. The van der Waals surface area contributed by atoms with Crippen molar-refractivity contribution in [3.05, 3.63) is 34.9 Å². The van der Waals surface area contributed by atoms with Crippen molar-refractivity contribution in [1.29, 1.82) is 0 Å². The molecule has 2 saturated carbocycles. The van der Waals surface area contributed by atoms with Crippen LogP contribution >= 0.6 is 0 Å². The zero-order chi connectivity index (χ0) is 14.8. The summed E-state index contributed by atoms with van der Waals surface area (Å²) in [6.45, 7) is 4.35. The molecular weight excluding hydrogens is 260 g/mol. The fraction of sp³-hybridized carbons (Fsp3) is 0.684. The van der Waals surface area contributed by atoms with Gasteiger partial charge in [0.15, 0.2) is 0 Å². The second-order valence-corrected chi connectivity index (χ2v) is 7.91. The van der Waals surface area contributed by atoms with Crippen LogP contribution in [0.2, 0.25) is 0 Å². The minimum absolute atomic E-state index is 0.0667. The normalized spacial score (nSPS) is 44.9. The van der Waals surface area contributed by atoms with Crippen molar-refractivity contribution in [2.24, 2.45) is 17.3 Å². The molecule has 4 unspecified atom stereocenters. The van der Waals surface area contributed by atoms with Crippen LogP contribution in [0.1, 0.15) is 55.2 Å². The molecule has 0 aliphatic heterocycles. The van der Waals surface area contributed by atoms with Gasteiger partial charge in [-0.1, -0.05) is 30.7 Å². The molecule has 0 amide bonds. The third-order valence-electron chi connectivity index (χ3n) is 6.81. The largest absolute Gasteiger partial charge is 0.393 e. The van der Waals surface area contributed by atoms with E-state index in [0.717, 1.165) is 25.7 Å². The molecule has 2 nitrogen and oxygen atoms in total. The highest BCUT2D eigenvalue weighted by Crippen LogP contribution is 2.60. The predicted molar refractivity (Wildman–Crippen MR) is 83.2 cm³/mol. The van der Waals surface area contributed by atoms with Gasteiger partial charge in [-0.05, 0) is 67.4 Å². The Labute approximate surface area is 127 Å². The van der Waals surface area contributed by atoms with E-state index < -0.39 is 0 Å². The highest BCUT2D eigenvalue weighted by Gasteiger charge is 2.57. The molecule has 21 heavy (non-hydrogen) atoms. The number of aliphatic hydroxyl groups excluding tert-OH is 2. The lowest BCUT2D eigenvalue weighted by Gasteiger charge is -2.52. The second-order valence-electron chi connectivity index (χ2n) is 7.91. The summed E-state index contributed by atoms with van der Waals surface area (Å²) in [6.07, 6.45) is 4.58. The van der Waals surface area contributed by atoms with Crippen molar-refractivity contribution in [2.75, 3.05) is 0 Å². The zero-order valence-corrected chi connectivity index (χ0v) is 13.0. The first-order valence-corrected chi connectivity index (χ1v) is 8.46. The maximum Gasteiger partial charge on any atom is 0.0617 e. The molecule has 2 fully saturated rings. The number of aliphatic hydroxyl groups is 2. The van der Waals surface area contributed by atoms with Gasteiger partial charge in [0.1, 0.15) is 0 Å². The van der Waals surface area contributed by atoms with Crippen molar-refractivity contribution in [2.45, 2.75) is 64.1 Å². The molecule has 0 heterocycles. The Hall–Kier alpha value is -0.860. The lowest BCUT2D eigenvalue weighted by atomic mass is 9.54. The average molecular weight is 286 g/mol. The monoisotopic (exact) mass is 286 g/mol. The Morgan fingerprint density at radius 3 is 2.76 bits per heavy atom. The summed E-state index contributed by atoms with van der Waals surface area (Å²) in [5.74, 6) is 1.42. The molecular formula is C19H26O2. The quantitative estimate of drug-likeness (QED) is 0.769. The summed E-state index contributed by atoms with van der Waals surface area (Å²) in [6, 6.07) is 6.74. The Morgan fingerprint density at radius 1 is 1.14 bits per heavy atom. The van der Waals surface area contributed by atoms with Crippen molar-refractivity contribution in [1.82, 2.24) is 0 Å². The number of fused-ring (bicyclic) bond motifs is 5. The van der Waals surface area contributed by atoms with Crippen LogP contribution in [0.3, 0.4) is 0 Å². The summed E-state index contributed by atoms with van der Waals surface area (Å²) < 4.78 is 0. The fourth-order valence-electron chi connectivity index (χ4n) is 5.76. The van der Waals surface area contributed by atoms with Crippen LogP contribution in [0.4, 0.5) is 0 Å². The van der Waals surface area contributed by atoms with Crippen LogP contribution in [0.15, 0.2) is 18.2 Å². The van der Waals surface area contributed by atoms with Gasteiger partial charge < -0.3 is 10.2 Å².